The Kier molecular flexibility index (Phi) is 7.59. The minimum Gasteiger partial charge on any atom is -0.345 e. The highest BCUT2D eigenvalue weighted by Crippen LogP contribution is 2.20. The number of hydrogen-bond donors (Lipinski definition) is 2. The molecule has 0 spiro atoms. The quantitative estimate of drug-likeness (QED) is 0.361. The first-order valence-corrected chi connectivity index (χ1v) is 11.1. The van der Waals surface area contributed by atoms with Gasteiger partial charge in [0.15, 0.2) is 0 Å². The Morgan fingerprint density at radius 1 is 0.794 bits per heavy atom. The zero-order valence-electron chi connectivity index (χ0n) is 18.6. The molecule has 0 fully saturated rings. The van der Waals surface area contributed by atoms with E-state index in [-0.39, 0.29) is 18.2 Å². The van der Waals surface area contributed by atoms with Crippen LogP contribution >= 0.6 is 0 Å². The molecule has 1 heterocycles. The second-order valence-corrected chi connectivity index (χ2v) is 7.77. The van der Waals surface area contributed by atoms with Gasteiger partial charge in [-0.15, -0.1) is 0 Å². The number of aromatic nitrogens is 1. The Labute approximate surface area is 199 Å². The summed E-state index contributed by atoms with van der Waals surface area (Å²) in [7, 11) is 0. The normalized spacial score (nSPS) is 11.6. The van der Waals surface area contributed by atoms with Crippen molar-refractivity contribution in [2.75, 3.05) is 5.32 Å². The Morgan fingerprint density at radius 2 is 1.53 bits per heavy atom. The smallest absolute Gasteiger partial charge is 0.251 e. The highest BCUT2D eigenvalue weighted by molar-refractivity contribution is 5.96. The lowest BCUT2D eigenvalue weighted by Gasteiger charge is -2.19. The Morgan fingerprint density at radius 3 is 2.26 bits per heavy atom. The first-order valence-electron chi connectivity index (χ1n) is 11.1. The van der Waals surface area contributed by atoms with E-state index in [1.54, 1.807) is 18.3 Å². The van der Waals surface area contributed by atoms with Crippen molar-refractivity contribution < 1.29 is 9.59 Å². The van der Waals surface area contributed by atoms with Crippen molar-refractivity contribution in [3.8, 4) is 0 Å². The first kappa shape index (κ1) is 22.7. The Bertz CT molecular complexity index is 1260. The third-order valence-electron chi connectivity index (χ3n) is 5.24. The van der Waals surface area contributed by atoms with Crippen molar-refractivity contribution in [2.45, 2.75) is 12.5 Å². The molecule has 5 nitrogen and oxygen atoms in total. The summed E-state index contributed by atoms with van der Waals surface area (Å²) >= 11 is 0. The summed E-state index contributed by atoms with van der Waals surface area (Å²) in [5.41, 5.74) is 3.91. The molecule has 0 bridgehead atoms. The lowest BCUT2D eigenvalue weighted by Crippen LogP contribution is -2.31. The molecule has 3 aromatic carbocycles. The number of carbonyl (C=O) groups is 2. The molecule has 0 saturated carbocycles. The summed E-state index contributed by atoms with van der Waals surface area (Å²) < 4.78 is 0. The molecule has 34 heavy (non-hydrogen) atoms. The minimum absolute atomic E-state index is 0.108. The highest BCUT2D eigenvalue weighted by Gasteiger charge is 2.19. The van der Waals surface area contributed by atoms with Crippen molar-refractivity contribution in [1.82, 2.24) is 10.3 Å². The van der Waals surface area contributed by atoms with Crippen molar-refractivity contribution in [3.05, 3.63) is 132 Å². The lowest BCUT2D eigenvalue weighted by molar-refractivity contribution is -0.116. The predicted molar refractivity (Wildman–Crippen MR) is 136 cm³/mol. The van der Waals surface area contributed by atoms with Crippen LogP contribution in [-0.2, 0) is 4.79 Å². The summed E-state index contributed by atoms with van der Waals surface area (Å²) in [5, 5.41) is 5.95. The fourth-order valence-corrected chi connectivity index (χ4v) is 3.54. The lowest BCUT2D eigenvalue weighted by atomic mass is 10.0. The standard InChI is InChI=1S/C29H25N3O2/c33-28(31-26-16-9-10-22(20-26)17-18-25-15-7-8-19-30-25)21-27(23-11-3-1-4-12-23)32-29(34)24-13-5-2-6-14-24/h1-20,27H,21H2,(H,31,33)(H,32,34)/b18-17+. The number of hydrogen-bond acceptors (Lipinski definition) is 3. The van der Waals surface area contributed by atoms with Gasteiger partial charge in [0.2, 0.25) is 5.91 Å². The Balaban J connectivity index is 1.44. The molecule has 1 unspecified atom stereocenters. The van der Waals surface area contributed by atoms with Crippen LogP contribution in [0.3, 0.4) is 0 Å². The maximum absolute atomic E-state index is 12.9. The van der Waals surface area contributed by atoms with E-state index in [0.29, 0.717) is 11.3 Å². The Hall–Kier alpha value is -4.51. The highest BCUT2D eigenvalue weighted by atomic mass is 16.2. The summed E-state index contributed by atoms with van der Waals surface area (Å²) in [4.78, 5) is 29.9. The molecular weight excluding hydrogens is 422 g/mol. The van der Waals surface area contributed by atoms with Crippen LogP contribution in [0.5, 0.6) is 0 Å². The minimum atomic E-state index is -0.457. The maximum Gasteiger partial charge on any atom is 0.251 e. The van der Waals surface area contributed by atoms with Gasteiger partial charge in [-0.25, -0.2) is 0 Å². The maximum atomic E-state index is 12.9. The van der Waals surface area contributed by atoms with E-state index in [9.17, 15) is 9.59 Å². The average molecular weight is 448 g/mol. The molecule has 2 N–H and O–H groups in total. The largest absolute Gasteiger partial charge is 0.345 e. The zero-order valence-corrected chi connectivity index (χ0v) is 18.6. The molecule has 0 radical (unpaired) electrons. The molecule has 4 aromatic rings. The van der Waals surface area contributed by atoms with Crippen LogP contribution in [0.1, 0.15) is 39.6 Å². The summed E-state index contributed by atoms with van der Waals surface area (Å²) in [6.07, 6.45) is 5.73. The molecule has 0 aliphatic carbocycles. The van der Waals surface area contributed by atoms with E-state index in [0.717, 1.165) is 16.8 Å². The fraction of sp³-hybridized carbons (Fsp3) is 0.0690. The SMILES string of the molecule is O=C(CC(NC(=O)c1ccccc1)c1ccccc1)Nc1cccc(/C=C/c2ccccn2)c1. The first-order chi connectivity index (χ1) is 16.7. The zero-order chi connectivity index (χ0) is 23.6. The van der Waals surface area contributed by atoms with Crippen molar-refractivity contribution in [3.63, 3.8) is 0 Å². The van der Waals surface area contributed by atoms with Gasteiger partial charge in [-0.3, -0.25) is 14.6 Å². The monoisotopic (exact) mass is 447 g/mol. The van der Waals surface area contributed by atoms with Gasteiger partial charge < -0.3 is 10.6 Å². The van der Waals surface area contributed by atoms with Crippen LogP contribution in [0.25, 0.3) is 12.2 Å². The van der Waals surface area contributed by atoms with E-state index >= 15 is 0 Å². The van der Waals surface area contributed by atoms with Gasteiger partial charge in [-0.1, -0.05) is 72.8 Å². The van der Waals surface area contributed by atoms with Gasteiger partial charge in [0.1, 0.15) is 0 Å². The van der Waals surface area contributed by atoms with E-state index in [4.69, 9.17) is 0 Å². The van der Waals surface area contributed by atoms with E-state index in [1.807, 2.05) is 103 Å². The molecule has 2 amide bonds. The third kappa shape index (κ3) is 6.50. The number of nitrogens with one attached hydrogen (secondary N) is 2. The molecule has 4 rings (SSSR count). The van der Waals surface area contributed by atoms with E-state index in [2.05, 4.69) is 15.6 Å². The molecule has 5 heteroatoms. The number of benzene rings is 3. The van der Waals surface area contributed by atoms with Crippen LogP contribution < -0.4 is 10.6 Å². The average Bonchev–Trinajstić information content (AvgIpc) is 2.89. The van der Waals surface area contributed by atoms with Crippen LogP contribution in [0, 0.1) is 0 Å². The van der Waals surface area contributed by atoms with Crippen molar-refractivity contribution in [1.29, 1.82) is 0 Å². The van der Waals surface area contributed by atoms with Gasteiger partial charge in [0.05, 0.1) is 18.2 Å². The molecule has 0 aliphatic rings. The second kappa shape index (κ2) is 11.4. The fourth-order valence-electron chi connectivity index (χ4n) is 3.54. The summed E-state index contributed by atoms with van der Waals surface area (Å²) in [6, 6.07) is 31.4. The number of anilines is 1. The number of pyridine rings is 1. The van der Waals surface area contributed by atoms with Gasteiger partial charge in [0, 0.05) is 17.4 Å². The van der Waals surface area contributed by atoms with Crippen LogP contribution in [0.2, 0.25) is 0 Å². The van der Waals surface area contributed by atoms with Gasteiger partial charge in [0.25, 0.3) is 5.91 Å². The van der Waals surface area contributed by atoms with Crippen LogP contribution in [0.4, 0.5) is 5.69 Å². The second-order valence-electron chi connectivity index (χ2n) is 7.77. The van der Waals surface area contributed by atoms with Gasteiger partial charge >= 0.3 is 0 Å². The van der Waals surface area contributed by atoms with Gasteiger partial charge in [-0.2, -0.15) is 0 Å². The topological polar surface area (TPSA) is 71.1 Å². The van der Waals surface area contributed by atoms with Crippen molar-refractivity contribution >= 4 is 29.7 Å². The van der Waals surface area contributed by atoms with Crippen LogP contribution in [-0.4, -0.2) is 16.8 Å². The van der Waals surface area contributed by atoms with E-state index < -0.39 is 6.04 Å². The van der Waals surface area contributed by atoms with Crippen molar-refractivity contribution in [2.24, 2.45) is 0 Å². The number of nitrogens with zero attached hydrogens (tertiary/aromatic N) is 1. The van der Waals surface area contributed by atoms with E-state index in [1.165, 1.54) is 0 Å². The predicted octanol–water partition coefficient (Wildman–Crippen LogP) is 5.75. The molecule has 0 saturated heterocycles. The number of amides is 2. The molecule has 168 valence electrons. The summed E-state index contributed by atoms with van der Waals surface area (Å²) in [5.74, 6) is -0.406. The van der Waals surface area contributed by atoms with Gasteiger partial charge in [-0.05, 0) is 53.6 Å². The third-order valence-corrected chi connectivity index (χ3v) is 5.24. The number of carbonyl (C=O) groups excluding carboxylic acids is 2. The molecule has 0 aliphatic heterocycles. The van der Waals surface area contributed by atoms with Crippen LogP contribution in [0.15, 0.2) is 109 Å². The number of rotatable bonds is 8. The molecular formula is C29H25N3O2. The molecule has 1 atom stereocenters. The summed E-state index contributed by atoms with van der Waals surface area (Å²) in [6.45, 7) is 0. The molecule has 1 aromatic heterocycles.